The number of methoxy groups -OCH3 is 1. The molecule has 0 aliphatic carbocycles. The minimum atomic E-state index is -0.242. The second kappa shape index (κ2) is 15.6. The fourth-order valence-corrected chi connectivity index (χ4v) is 4.19. The predicted molar refractivity (Wildman–Crippen MR) is 131 cm³/mol. The number of aromatic nitrogens is 4. The highest BCUT2D eigenvalue weighted by atomic mass is 35.5. The van der Waals surface area contributed by atoms with E-state index < -0.39 is 0 Å². The third-order valence-electron chi connectivity index (χ3n) is 5.73. The summed E-state index contributed by atoms with van der Waals surface area (Å²) in [6, 6.07) is 0. The molecular formula is C24H38ClN5O3. The standard InChI is InChI=1S/C24H38ClN5O3/c1-19(31)27-24-28-22(25)21-23(29-24)26-18-30(21)17-15-13-11-9-7-5-3-4-6-8-10-12-14-16-20(32)33-2/h18H,3-17H2,1-2H3,(H,27,28,29,31). The summed E-state index contributed by atoms with van der Waals surface area (Å²) >= 11 is 6.29. The number of carbonyl (C=O) groups is 2. The summed E-state index contributed by atoms with van der Waals surface area (Å²) in [5.41, 5.74) is 1.22. The molecule has 2 heterocycles. The first-order chi connectivity index (χ1) is 16.0. The Hall–Kier alpha value is -2.22. The summed E-state index contributed by atoms with van der Waals surface area (Å²) in [4.78, 5) is 34.9. The number of aryl methyl sites for hydroxylation is 1. The predicted octanol–water partition coefficient (Wildman–Crippen LogP) is 6.07. The maximum absolute atomic E-state index is 11.2. The van der Waals surface area contributed by atoms with E-state index in [1.54, 1.807) is 6.33 Å². The van der Waals surface area contributed by atoms with Gasteiger partial charge in [-0.2, -0.15) is 9.97 Å². The lowest BCUT2D eigenvalue weighted by atomic mass is 10.0. The molecule has 0 saturated carbocycles. The highest BCUT2D eigenvalue weighted by molar-refractivity contribution is 6.33. The molecule has 0 fully saturated rings. The van der Waals surface area contributed by atoms with Crippen LogP contribution >= 0.6 is 11.6 Å². The van der Waals surface area contributed by atoms with Gasteiger partial charge in [-0.15, -0.1) is 0 Å². The molecule has 2 rings (SSSR count). The number of anilines is 1. The molecule has 1 N–H and O–H groups in total. The average Bonchev–Trinajstić information content (AvgIpc) is 3.19. The quantitative estimate of drug-likeness (QED) is 0.168. The van der Waals surface area contributed by atoms with Crippen LogP contribution in [0.15, 0.2) is 6.33 Å². The third kappa shape index (κ3) is 10.5. The van der Waals surface area contributed by atoms with Gasteiger partial charge in [0, 0.05) is 19.9 Å². The van der Waals surface area contributed by atoms with Crippen LogP contribution in [0.4, 0.5) is 5.95 Å². The van der Waals surface area contributed by atoms with Gasteiger partial charge in [-0.05, 0) is 12.8 Å². The van der Waals surface area contributed by atoms with Gasteiger partial charge in [0.25, 0.3) is 0 Å². The van der Waals surface area contributed by atoms with Gasteiger partial charge in [-0.1, -0.05) is 82.2 Å². The number of amides is 1. The first kappa shape index (κ1) is 27.0. The number of esters is 1. The van der Waals surface area contributed by atoms with Gasteiger partial charge >= 0.3 is 5.97 Å². The van der Waals surface area contributed by atoms with Crippen molar-refractivity contribution in [1.29, 1.82) is 0 Å². The fraction of sp³-hybridized carbons (Fsp3) is 0.708. The topological polar surface area (TPSA) is 99.0 Å². The van der Waals surface area contributed by atoms with Crippen molar-refractivity contribution in [3.05, 3.63) is 11.5 Å². The maximum atomic E-state index is 11.2. The van der Waals surface area contributed by atoms with E-state index in [2.05, 4.69) is 25.0 Å². The number of carbonyl (C=O) groups excluding carboxylic acids is 2. The van der Waals surface area contributed by atoms with E-state index in [4.69, 9.17) is 11.6 Å². The zero-order valence-electron chi connectivity index (χ0n) is 20.1. The number of ether oxygens (including phenoxy) is 1. The number of rotatable bonds is 17. The Bertz CT molecular complexity index is 871. The van der Waals surface area contributed by atoms with Crippen molar-refractivity contribution in [2.24, 2.45) is 0 Å². The van der Waals surface area contributed by atoms with Crippen molar-refractivity contribution in [3.63, 3.8) is 0 Å². The highest BCUT2D eigenvalue weighted by Crippen LogP contribution is 2.22. The molecule has 184 valence electrons. The van der Waals surface area contributed by atoms with Crippen molar-refractivity contribution < 1.29 is 14.3 Å². The van der Waals surface area contributed by atoms with Crippen LogP contribution in [0.2, 0.25) is 5.15 Å². The molecule has 2 aromatic rings. The number of hydrogen-bond donors (Lipinski definition) is 1. The molecule has 0 aromatic carbocycles. The van der Waals surface area contributed by atoms with Crippen LogP contribution in [0.25, 0.3) is 11.2 Å². The zero-order valence-corrected chi connectivity index (χ0v) is 20.8. The minimum absolute atomic E-state index is 0.0949. The van der Waals surface area contributed by atoms with Crippen molar-refractivity contribution >= 4 is 40.6 Å². The van der Waals surface area contributed by atoms with Crippen LogP contribution in [0.3, 0.4) is 0 Å². The Labute approximate surface area is 201 Å². The largest absolute Gasteiger partial charge is 0.469 e. The Morgan fingerprint density at radius 3 is 2.00 bits per heavy atom. The van der Waals surface area contributed by atoms with Gasteiger partial charge in [-0.3, -0.25) is 14.9 Å². The number of unbranched alkanes of at least 4 members (excludes halogenated alkanes) is 12. The molecule has 0 unspecified atom stereocenters. The smallest absolute Gasteiger partial charge is 0.305 e. The molecule has 2 aromatic heterocycles. The van der Waals surface area contributed by atoms with Gasteiger partial charge in [0.05, 0.1) is 13.4 Å². The first-order valence-electron chi connectivity index (χ1n) is 12.2. The lowest BCUT2D eigenvalue weighted by Crippen LogP contribution is -2.09. The van der Waals surface area contributed by atoms with E-state index in [-0.39, 0.29) is 17.8 Å². The van der Waals surface area contributed by atoms with E-state index in [9.17, 15) is 9.59 Å². The van der Waals surface area contributed by atoms with Gasteiger partial charge in [-0.25, -0.2) is 4.98 Å². The summed E-state index contributed by atoms with van der Waals surface area (Å²) in [6.07, 6.45) is 18.2. The number of halogens is 1. The SMILES string of the molecule is COC(=O)CCCCCCCCCCCCCCCn1cnc2nc(NC(C)=O)nc(Cl)c21. The highest BCUT2D eigenvalue weighted by Gasteiger charge is 2.12. The molecule has 0 saturated heterocycles. The molecular weight excluding hydrogens is 442 g/mol. The Balaban J connectivity index is 1.48. The summed E-state index contributed by atoms with van der Waals surface area (Å²) < 4.78 is 6.64. The van der Waals surface area contributed by atoms with Gasteiger partial charge in [0.15, 0.2) is 10.8 Å². The monoisotopic (exact) mass is 479 g/mol. The lowest BCUT2D eigenvalue weighted by molar-refractivity contribution is -0.140. The lowest BCUT2D eigenvalue weighted by Gasteiger charge is -2.06. The zero-order chi connectivity index (χ0) is 23.9. The van der Waals surface area contributed by atoms with E-state index >= 15 is 0 Å². The Morgan fingerprint density at radius 2 is 1.45 bits per heavy atom. The molecule has 1 amide bonds. The number of nitrogens with zero attached hydrogens (tertiary/aromatic N) is 4. The number of imidazole rings is 1. The molecule has 0 aliphatic rings. The van der Waals surface area contributed by atoms with Gasteiger partial charge < -0.3 is 9.30 Å². The van der Waals surface area contributed by atoms with Crippen molar-refractivity contribution in [2.75, 3.05) is 12.4 Å². The van der Waals surface area contributed by atoms with Crippen LogP contribution in [0.5, 0.6) is 0 Å². The van der Waals surface area contributed by atoms with Crippen molar-refractivity contribution in [3.8, 4) is 0 Å². The van der Waals surface area contributed by atoms with E-state index in [0.29, 0.717) is 22.7 Å². The molecule has 0 spiro atoms. The van der Waals surface area contributed by atoms with Crippen LogP contribution in [-0.2, 0) is 20.9 Å². The fourth-order valence-electron chi connectivity index (χ4n) is 3.92. The molecule has 0 aliphatic heterocycles. The summed E-state index contributed by atoms with van der Waals surface area (Å²) in [6.45, 7) is 2.23. The van der Waals surface area contributed by atoms with E-state index in [1.165, 1.54) is 78.2 Å². The molecule has 9 heteroatoms. The Morgan fingerprint density at radius 1 is 0.909 bits per heavy atom. The van der Waals surface area contributed by atoms with Gasteiger partial charge in [0.2, 0.25) is 11.9 Å². The summed E-state index contributed by atoms with van der Waals surface area (Å²) in [5.74, 6) is -0.155. The van der Waals surface area contributed by atoms with E-state index in [0.717, 1.165) is 25.8 Å². The molecule has 0 bridgehead atoms. The second-order valence-electron chi connectivity index (χ2n) is 8.55. The van der Waals surface area contributed by atoms with Crippen LogP contribution in [-0.4, -0.2) is 38.5 Å². The van der Waals surface area contributed by atoms with E-state index in [1.807, 2.05) is 4.57 Å². The molecule has 8 nitrogen and oxygen atoms in total. The van der Waals surface area contributed by atoms with Crippen molar-refractivity contribution in [2.45, 2.75) is 103 Å². The normalized spacial score (nSPS) is 11.1. The van der Waals surface area contributed by atoms with Crippen LogP contribution in [0, 0.1) is 0 Å². The Kier molecular flexibility index (Phi) is 12.8. The number of hydrogen-bond acceptors (Lipinski definition) is 6. The third-order valence-corrected chi connectivity index (χ3v) is 5.99. The number of nitrogens with one attached hydrogen (secondary N) is 1. The van der Waals surface area contributed by atoms with Crippen LogP contribution < -0.4 is 5.32 Å². The van der Waals surface area contributed by atoms with Crippen molar-refractivity contribution in [1.82, 2.24) is 19.5 Å². The molecule has 33 heavy (non-hydrogen) atoms. The first-order valence-corrected chi connectivity index (χ1v) is 12.6. The molecule has 0 radical (unpaired) electrons. The maximum Gasteiger partial charge on any atom is 0.305 e. The second-order valence-corrected chi connectivity index (χ2v) is 8.91. The summed E-state index contributed by atoms with van der Waals surface area (Å²) in [5, 5.41) is 2.85. The average molecular weight is 480 g/mol. The number of fused-ring (bicyclic) bond motifs is 1. The van der Waals surface area contributed by atoms with Crippen LogP contribution in [0.1, 0.15) is 96.8 Å². The molecule has 0 atom stereocenters. The summed E-state index contributed by atoms with van der Waals surface area (Å²) in [7, 11) is 1.45. The minimum Gasteiger partial charge on any atom is -0.469 e. The van der Waals surface area contributed by atoms with Gasteiger partial charge in [0.1, 0.15) is 5.52 Å².